The van der Waals surface area contributed by atoms with Crippen LogP contribution < -0.4 is 4.90 Å². The van der Waals surface area contributed by atoms with Crippen molar-refractivity contribution in [2.24, 2.45) is 5.92 Å². The van der Waals surface area contributed by atoms with Gasteiger partial charge in [0.2, 0.25) is 0 Å². The lowest BCUT2D eigenvalue weighted by Gasteiger charge is -2.31. The van der Waals surface area contributed by atoms with Crippen molar-refractivity contribution in [2.45, 2.75) is 12.8 Å². The zero-order chi connectivity index (χ0) is 13.9. The Morgan fingerprint density at radius 1 is 1.30 bits per heavy atom. The molecule has 2 heterocycles. The van der Waals surface area contributed by atoms with Crippen molar-refractivity contribution in [1.82, 2.24) is 4.98 Å². The average Bonchev–Trinajstić information content (AvgIpc) is 2.54. The molecule has 3 nitrogen and oxygen atoms in total. The van der Waals surface area contributed by atoms with Crippen LogP contribution in [0.5, 0.6) is 0 Å². The fourth-order valence-electron chi connectivity index (χ4n) is 2.73. The maximum Gasteiger partial charge on any atom is 0.130 e. The third-order valence-corrected chi connectivity index (χ3v) is 3.98. The van der Waals surface area contributed by atoms with E-state index < -0.39 is 0 Å². The summed E-state index contributed by atoms with van der Waals surface area (Å²) in [5.74, 6) is 1.01. The molecule has 1 aliphatic heterocycles. The minimum Gasteiger partial charge on any atom is -0.357 e. The summed E-state index contributed by atoms with van der Waals surface area (Å²) in [4.78, 5) is 6.79. The van der Waals surface area contributed by atoms with Crippen LogP contribution in [0, 0.1) is 17.2 Å². The first-order valence-electron chi connectivity index (χ1n) is 6.92. The molecular formula is C16H16FN3. The summed E-state index contributed by atoms with van der Waals surface area (Å²) < 4.78 is 12.7. The highest BCUT2D eigenvalue weighted by Gasteiger charge is 2.20. The van der Waals surface area contributed by atoms with E-state index in [9.17, 15) is 9.65 Å². The molecule has 0 spiro atoms. The van der Waals surface area contributed by atoms with Gasteiger partial charge in [0.1, 0.15) is 5.82 Å². The summed E-state index contributed by atoms with van der Waals surface area (Å²) in [5.41, 5.74) is 1.49. The normalized spacial score (nSPS) is 16.3. The molecule has 0 amide bonds. The number of nitrogens with zero attached hydrogens (tertiary/aromatic N) is 3. The molecule has 20 heavy (non-hydrogen) atoms. The van der Waals surface area contributed by atoms with Crippen molar-refractivity contribution in [3.05, 3.63) is 35.9 Å². The molecule has 0 saturated carbocycles. The Bertz CT molecular complexity index is 654. The molecule has 1 fully saturated rings. The molecule has 4 heteroatoms. The van der Waals surface area contributed by atoms with E-state index in [0.29, 0.717) is 5.56 Å². The van der Waals surface area contributed by atoms with Crippen molar-refractivity contribution < 1.29 is 4.39 Å². The molecule has 0 bridgehead atoms. The Labute approximate surface area is 117 Å². The molecule has 0 radical (unpaired) electrons. The summed E-state index contributed by atoms with van der Waals surface area (Å²) in [7, 11) is 0. The van der Waals surface area contributed by atoms with Crippen molar-refractivity contribution in [1.29, 1.82) is 5.26 Å². The van der Waals surface area contributed by atoms with Gasteiger partial charge in [0.15, 0.2) is 0 Å². The number of benzene rings is 1. The summed E-state index contributed by atoms with van der Waals surface area (Å²) >= 11 is 0. The number of piperidine rings is 1. The van der Waals surface area contributed by atoms with Crippen LogP contribution in [-0.2, 0) is 0 Å². The van der Waals surface area contributed by atoms with Gasteiger partial charge in [-0.1, -0.05) is 18.2 Å². The number of para-hydroxylation sites is 1. The van der Waals surface area contributed by atoms with Gasteiger partial charge < -0.3 is 4.90 Å². The Morgan fingerprint density at radius 2 is 2.05 bits per heavy atom. The van der Waals surface area contributed by atoms with E-state index in [1.54, 1.807) is 0 Å². The van der Waals surface area contributed by atoms with Crippen LogP contribution in [-0.4, -0.2) is 24.7 Å². The van der Waals surface area contributed by atoms with Crippen LogP contribution in [0.3, 0.4) is 0 Å². The Hall–Kier alpha value is -2.15. The van der Waals surface area contributed by atoms with E-state index in [2.05, 4.69) is 16.0 Å². The number of hydrogen-bond donors (Lipinski definition) is 0. The third kappa shape index (κ3) is 2.32. The van der Waals surface area contributed by atoms with Crippen LogP contribution in [0.4, 0.5) is 10.2 Å². The van der Waals surface area contributed by atoms with Gasteiger partial charge in [-0.15, -0.1) is 0 Å². The van der Waals surface area contributed by atoms with E-state index in [-0.39, 0.29) is 12.6 Å². The Kier molecular flexibility index (Phi) is 3.51. The first-order valence-corrected chi connectivity index (χ1v) is 6.92. The van der Waals surface area contributed by atoms with Gasteiger partial charge in [-0.05, 0) is 30.9 Å². The first kappa shape index (κ1) is 12.9. The van der Waals surface area contributed by atoms with Crippen LogP contribution >= 0.6 is 0 Å². The predicted octanol–water partition coefficient (Wildman–Crippen LogP) is 3.29. The fourth-order valence-corrected chi connectivity index (χ4v) is 2.73. The first-order chi connectivity index (χ1) is 9.81. The monoisotopic (exact) mass is 269 g/mol. The zero-order valence-electron chi connectivity index (χ0n) is 11.2. The van der Waals surface area contributed by atoms with Gasteiger partial charge in [0.25, 0.3) is 0 Å². The zero-order valence-corrected chi connectivity index (χ0v) is 11.2. The van der Waals surface area contributed by atoms with Crippen molar-refractivity contribution in [3.8, 4) is 6.07 Å². The number of hydrogen-bond acceptors (Lipinski definition) is 3. The van der Waals surface area contributed by atoms with Crippen LogP contribution in [0.1, 0.15) is 18.4 Å². The molecule has 3 rings (SSSR count). The highest BCUT2D eigenvalue weighted by atomic mass is 19.1. The highest BCUT2D eigenvalue weighted by molar-refractivity contribution is 5.86. The van der Waals surface area contributed by atoms with Crippen LogP contribution in [0.25, 0.3) is 10.9 Å². The fraction of sp³-hybridized carbons (Fsp3) is 0.375. The molecular weight excluding hydrogens is 253 g/mol. The smallest absolute Gasteiger partial charge is 0.130 e. The SMILES string of the molecule is N#Cc1cc(N2CCC(CF)CC2)nc2ccccc12. The standard InChI is InChI=1S/C16H16FN3/c17-10-12-5-7-20(8-6-12)16-9-13(11-18)14-3-1-2-4-15(14)19-16/h1-4,9,12H,5-8,10H2. The van der Waals surface area contributed by atoms with Gasteiger partial charge in [0.05, 0.1) is 23.8 Å². The maximum absolute atomic E-state index is 12.7. The van der Waals surface area contributed by atoms with Crippen molar-refractivity contribution >= 4 is 16.7 Å². The van der Waals surface area contributed by atoms with Crippen molar-refractivity contribution in [3.63, 3.8) is 0 Å². The lowest BCUT2D eigenvalue weighted by atomic mass is 9.98. The van der Waals surface area contributed by atoms with E-state index in [4.69, 9.17) is 0 Å². The second-order valence-corrected chi connectivity index (χ2v) is 5.24. The maximum atomic E-state index is 12.7. The van der Waals surface area contributed by atoms with E-state index in [0.717, 1.165) is 42.7 Å². The molecule has 0 unspecified atom stereocenters. The number of aromatic nitrogens is 1. The second-order valence-electron chi connectivity index (χ2n) is 5.24. The number of pyridine rings is 1. The average molecular weight is 269 g/mol. The summed E-state index contributed by atoms with van der Waals surface area (Å²) in [5, 5.41) is 10.2. The number of alkyl halides is 1. The molecule has 0 aliphatic carbocycles. The lowest BCUT2D eigenvalue weighted by molar-refractivity contribution is 0.307. The minimum atomic E-state index is -0.234. The topological polar surface area (TPSA) is 39.9 Å². The van der Waals surface area contributed by atoms with E-state index >= 15 is 0 Å². The third-order valence-electron chi connectivity index (χ3n) is 3.98. The molecule has 102 valence electrons. The molecule has 1 aliphatic rings. The minimum absolute atomic E-state index is 0.183. The number of fused-ring (bicyclic) bond motifs is 1. The summed E-state index contributed by atoms with van der Waals surface area (Å²) in [6, 6.07) is 11.8. The molecule has 1 aromatic carbocycles. The number of anilines is 1. The predicted molar refractivity (Wildman–Crippen MR) is 77.4 cm³/mol. The van der Waals surface area contributed by atoms with Crippen molar-refractivity contribution in [2.75, 3.05) is 24.7 Å². The van der Waals surface area contributed by atoms with Crippen LogP contribution in [0.15, 0.2) is 30.3 Å². The van der Waals surface area contributed by atoms with Gasteiger partial charge >= 0.3 is 0 Å². The van der Waals surface area contributed by atoms with Gasteiger partial charge in [-0.3, -0.25) is 4.39 Å². The van der Waals surface area contributed by atoms with E-state index in [1.807, 2.05) is 30.3 Å². The number of rotatable bonds is 2. The Balaban J connectivity index is 1.95. The van der Waals surface area contributed by atoms with Gasteiger partial charge in [0, 0.05) is 18.5 Å². The summed E-state index contributed by atoms with van der Waals surface area (Å²) in [6.45, 7) is 1.39. The van der Waals surface area contributed by atoms with Gasteiger partial charge in [-0.2, -0.15) is 5.26 Å². The quantitative estimate of drug-likeness (QED) is 0.840. The molecule has 2 aromatic rings. The highest BCUT2D eigenvalue weighted by Crippen LogP contribution is 2.26. The molecule has 1 saturated heterocycles. The largest absolute Gasteiger partial charge is 0.357 e. The number of nitriles is 1. The molecule has 0 N–H and O–H groups in total. The molecule has 1 aromatic heterocycles. The number of halogens is 1. The van der Waals surface area contributed by atoms with Gasteiger partial charge in [-0.25, -0.2) is 4.98 Å². The van der Waals surface area contributed by atoms with E-state index in [1.165, 1.54) is 0 Å². The summed E-state index contributed by atoms with van der Waals surface area (Å²) in [6.07, 6.45) is 1.71. The lowest BCUT2D eigenvalue weighted by Crippen LogP contribution is -2.34. The molecule has 0 atom stereocenters. The second kappa shape index (κ2) is 5.46. The Morgan fingerprint density at radius 3 is 2.75 bits per heavy atom. The van der Waals surface area contributed by atoms with Crippen LogP contribution in [0.2, 0.25) is 0 Å².